The van der Waals surface area contributed by atoms with E-state index in [0.717, 1.165) is 0 Å². The summed E-state index contributed by atoms with van der Waals surface area (Å²) < 4.78 is 23.3. The van der Waals surface area contributed by atoms with Crippen LogP contribution in [0.5, 0.6) is 5.75 Å². The number of hydrogen-bond donors (Lipinski definition) is 3. The Balaban J connectivity index is 2.07. The van der Waals surface area contributed by atoms with Crippen molar-refractivity contribution in [2.45, 2.75) is 6.10 Å². The van der Waals surface area contributed by atoms with Gasteiger partial charge in [-0.1, -0.05) is 12.1 Å². The molecule has 1 rings (SSSR count). The van der Waals surface area contributed by atoms with E-state index in [1.54, 1.807) is 12.1 Å². The summed E-state index contributed by atoms with van der Waals surface area (Å²) in [6.07, 6.45) is -0.772. The highest BCUT2D eigenvalue weighted by Gasteiger charge is 2.07. The highest BCUT2D eigenvalue weighted by Crippen LogP contribution is 2.15. The van der Waals surface area contributed by atoms with Crippen LogP contribution in [0.1, 0.15) is 0 Å². The minimum Gasteiger partial charge on any atom is -0.488 e. The number of nitrogens with one attached hydrogen (secondary N) is 1. The second-order valence-corrected chi connectivity index (χ2v) is 4.12. The minimum atomic E-state index is -0.772. The Morgan fingerprint density at radius 3 is 2.90 bits per heavy atom. The zero-order valence-corrected chi connectivity index (χ0v) is 11.0. The standard InChI is InChI=1S/C13H19FN2O4/c14-11-3-1-2-4-12(11)20-8-10(17)7-16-5-6-19-9-13(15)18/h1-4,10,16-17H,5-9H2,(H2,15,18). The van der Waals surface area contributed by atoms with Gasteiger partial charge >= 0.3 is 0 Å². The molecule has 0 saturated heterocycles. The topological polar surface area (TPSA) is 93.8 Å². The summed E-state index contributed by atoms with van der Waals surface area (Å²) in [6, 6.07) is 5.99. The summed E-state index contributed by atoms with van der Waals surface area (Å²) in [4.78, 5) is 10.4. The van der Waals surface area contributed by atoms with Crippen LogP contribution in [0.3, 0.4) is 0 Å². The van der Waals surface area contributed by atoms with E-state index >= 15 is 0 Å². The second-order valence-electron chi connectivity index (χ2n) is 4.12. The van der Waals surface area contributed by atoms with Gasteiger partial charge in [-0.25, -0.2) is 4.39 Å². The summed E-state index contributed by atoms with van der Waals surface area (Å²) in [6.45, 7) is 0.902. The molecule has 0 fully saturated rings. The van der Waals surface area contributed by atoms with E-state index in [4.69, 9.17) is 15.2 Å². The lowest BCUT2D eigenvalue weighted by Crippen LogP contribution is -2.33. The lowest BCUT2D eigenvalue weighted by atomic mass is 10.3. The SMILES string of the molecule is NC(=O)COCCNCC(O)COc1ccccc1F. The van der Waals surface area contributed by atoms with Gasteiger partial charge < -0.3 is 25.6 Å². The maximum Gasteiger partial charge on any atom is 0.243 e. The molecule has 0 heterocycles. The van der Waals surface area contributed by atoms with Crippen LogP contribution in [0.15, 0.2) is 24.3 Å². The Hall–Kier alpha value is -1.70. The number of nitrogens with two attached hydrogens (primary N) is 1. The van der Waals surface area contributed by atoms with Crippen molar-refractivity contribution in [3.05, 3.63) is 30.1 Å². The smallest absolute Gasteiger partial charge is 0.243 e. The average Bonchev–Trinajstić information content (AvgIpc) is 2.41. The number of ether oxygens (including phenoxy) is 2. The van der Waals surface area contributed by atoms with Gasteiger partial charge in [0.05, 0.1) is 6.61 Å². The molecule has 0 aliphatic carbocycles. The fraction of sp³-hybridized carbons (Fsp3) is 0.462. The molecule has 1 aromatic rings. The molecule has 6 nitrogen and oxygen atoms in total. The van der Waals surface area contributed by atoms with Gasteiger partial charge in [-0.3, -0.25) is 4.79 Å². The van der Waals surface area contributed by atoms with E-state index in [1.807, 2.05) is 0 Å². The number of benzene rings is 1. The molecule has 0 aliphatic rings. The lowest BCUT2D eigenvalue weighted by Gasteiger charge is -2.13. The number of halogens is 1. The van der Waals surface area contributed by atoms with Gasteiger partial charge in [0.25, 0.3) is 0 Å². The number of carbonyl (C=O) groups excluding carboxylic acids is 1. The van der Waals surface area contributed by atoms with Gasteiger partial charge in [0, 0.05) is 13.1 Å². The van der Waals surface area contributed by atoms with E-state index in [-0.39, 0.29) is 25.5 Å². The minimum absolute atomic E-state index is 0.0178. The van der Waals surface area contributed by atoms with E-state index in [9.17, 15) is 14.3 Å². The highest BCUT2D eigenvalue weighted by molar-refractivity contribution is 5.74. The largest absolute Gasteiger partial charge is 0.488 e. The van der Waals surface area contributed by atoms with Gasteiger partial charge in [0.1, 0.15) is 19.3 Å². The van der Waals surface area contributed by atoms with Crippen LogP contribution in [-0.2, 0) is 9.53 Å². The van der Waals surface area contributed by atoms with Crippen molar-refractivity contribution in [1.82, 2.24) is 5.32 Å². The summed E-state index contributed by atoms with van der Waals surface area (Å²) >= 11 is 0. The van der Waals surface area contributed by atoms with Crippen molar-refractivity contribution >= 4 is 5.91 Å². The zero-order valence-electron chi connectivity index (χ0n) is 11.0. The van der Waals surface area contributed by atoms with Gasteiger partial charge in [-0.05, 0) is 12.1 Å². The predicted octanol–water partition coefficient (Wildman–Crippen LogP) is -0.343. The number of primary amides is 1. The highest BCUT2D eigenvalue weighted by atomic mass is 19.1. The summed E-state index contributed by atoms with van der Waals surface area (Å²) in [7, 11) is 0. The van der Waals surface area contributed by atoms with E-state index < -0.39 is 17.8 Å². The van der Waals surface area contributed by atoms with Crippen LogP contribution >= 0.6 is 0 Å². The predicted molar refractivity (Wildman–Crippen MR) is 70.8 cm³/mol. The molecule has 1 unspecified atom stereocenters. The maximum absolute atomic E-state index is 13.2. The third-order valence-corrected chi connectivity index (χ3v) is 2.32. The van der Waals surface area contributed by atoms with E-state index in [0.29, 0.717) is 13.2 Å². The average molecular weight is 286 g/mol. The molecule has 0 aromatic heterocycles. The monoisotopic (exact) mass is 286 g/mol. The van der Waals surface area contributed by atoms with E-state index in [2.05, 4.69) is 5.32 Å². The van der Waals surface area contributed by atoms with Gasteiger partial charge in [0.15, 0.2) is 11.6 Å². The van der Waals surface area contributed by atoms with Crippen LogP contribution in [0.25, 0.3) is 0 Å². The number of rotatable bonds is 10. The van der Waals surface area contributed by atoms with Crippen LogP contribution < -0.4 is 15.8 Å². The number of aliphatic hydroxyl groups excluding tert-OH is 1. The van der Waals surface area contributed by atoms with Crippen molar-refractivity contribution in [2.24, 2.45) is 5.73 Å². The van der Waals surface area contributed by atoms with Crippen LogP contribution in [0.4, 0.5) is 4.39 Å². The fourth-order valence-electron chi connectivity index (χ4n) is 1.39. The summed E-state index contributed by atoms with van der Waals surface area (Å²) in [5.41, 5.74) is 4.89. The third-order valence-electron chi connectivity index (χ3n) is 2.32. The Kier molecular flexibility index (Phi) is 7.56. The van der Waals surface area contributed by atoms with Crippen molar-refractivity contribution in [1.29, 1.82) is 0 Å². The Morgan fingerprint density at radius 2 is 2.20 bits per heavy atom. The maximum atomic E-state index is 13.2. The summed E-state index contributed by atoms with van der Waals surface area (Å²) in [5.74, 6) is -0.882. The number of amides is 1. The number of hydrogen-bond acceptors (Lipinski definition) is 5. The normalized spacial score (nSPS) is 12.1. The molecule has 20 heavy (non-hydrogen) atoms. The fourth-order valence-corrected chi connectivity index (χ4v) is 1.39. The molecular weight excluding hydrogens is 267 g/mol. The first-order chi connectivity index (χ1) is 9.59. The zero-order chi connectivity index (χ0) is 14.8. The molecule has 7 heteroatoms. The van der Waals surface area contributed by atoms with E-state index in [1.165, 1.54) is 12.1 Å². The first-order valence-corrected chi connectivity index (χ1v) is 6.21. The molecular formula is C13H19FN2O4. The Labute approximate surface area is 116 Å². The van der Waals surface area contributed by atoms with Gasteiger partial charge in [-0.15, -0.1) is 0 Å². The number of para-hydroxylation sites is 1. The molecule has 0 bridgehead atoms. The van der Waals surface area contributed by atoms with Crippen LogP contribution in [0, 0.1) is 5.82 Å². The Morgan fingerprint density at radius 1 is 1.45 bits per heavy atom. The second kappa shape index (κ2) is 9.24. The van der Waals surface area contributed by atoms with Crippen molar-refractivity contribution < 1.29 is 23.8 Å². The molecule has 0 spiro atoms. The van der Waals surface area contributed by atoms with Crippen LogP contribution in [-0.4, -0.2) is 50.0 Å². The molecule has 112 valence electrons. The van der Waals surface area contributed by atoms with Crippen molar-refractivity contribution in [2.75, 3.05) is 32.9 Å². The molecule has 1 aromatic carbocycles. The lowest BCUT2D eigenvalue weighted by molar-refractivity contribution is -0.122. The quantitative estimate of drug-likeness (QED) is 0.511. The number of carbonyl (C=O) groups is 1. The number of aliphatic hydroxyl groups is 1. The first-order valence-electron chi connectivity index (χ1n) is 6.21. The molecule has 1 atom stereocenters. The molecule has 1 amide bonds. The van der Waals surface area contributed by atoms with Crippen molar-refractivity contribution in [3.8, 4) is 5.75 Å². The molecule has 0 radical (unpaired) electrons. The molecule has 0 aliphatic heterocycles. The molecule has 4 N–H and O–H groups in total. The molecule has 0 saturated carbocycles. The van der Waals surface area contributed by atoms with Crippen molar-refractivity contribution in [3.63, 3.8) is 0 Å². The first kappa shape index (κ1) is 16.4. The third kappa shape index (κ3) is 7.03. The van der Waals surface area contributed by atoms with Crippen LogP contribution in [0.2, 0.25) is 0 Å². The van der Waals surface area contributed by atoms with Gasteiger partial charge in [0.2, 0.25) is 5.91 Å². The Bertz CT molecular complexity index is 417. The summed E-state index contributed by atoms with van der Waals surface area (Å²) in [5, 5.41) is 12.5. The van der Waals surface area contributed by atoms with Gasteiger partial charge in [-0.2, -0.15) is 0 Å².